The van der Waals surface area contributed by atoms with E-state index in [1.165, 1.54) is 113 Å². The number of carbonyl (C=O) groups excluding carboxylic acids is 4. The SMILES string of the molecule is Cc1ccccc1Oc1cc2c3c(cc(Oc4ccccc4C)c4c5c(Oc6ccccc6C)cc6c7c(cc(Oc8ccccc8C)c(c1c34)c75)C(=O)N(c1c(CCC3CCCC3)cccc1CCC1CCCC1)C6=O)C(=O)N(c1c(CCC3CCCC3)cccc1CCC1CCCC1)C2=O. The van der Waals surface area contributed by atoms with Gasteiger partial charge in [0.2, 0.25) is 0 Å². The zero-order chi connectivity index (χ0) is 69.3. The summed E-state index contributed by atoms with van der Waals surface area (Å²) < 4.78 is 30.1. The fourth-order valence-corrected chi connectivity index (χ4v) is 18.7. The van der Waals surface area contributed by atoms with E-state index < -0.39 is 23.6 Å². The van der Waals surface area contributed by atoms with Gasteiger partial charge >= 0.3 is 0 Å². The van der Waals surface area contributed by atoms with Crippen molar-refractivity contribution in [1.82, 2.24) is 0 Å². The number of benzene rings is 11. The molecule has 2 heterocycles. The highest BCUT2D eigenvalue weighted by Crippen LogP contribution is 2.59. The van der Waals surface area contributed by atoms with Crippen LogP contribution < -0.4 is 28.7 Å². The summed E-state index contributed by atoms with van der Waals surface area (Å²) >= 11 is 0. The summed E-state index contributed by atoms with van der Waals surface area (Å²) in [4.78, 5) is 70.6. The molecule has 0 saturated heterocycles. The first-order valence-electron chi connectivity index (χ1n) is 38.2. The van der Waals surface area contributed by atoms with Crippen LogP contribution in [0.1, 0.15) is 214 Å². The van der Waals surface area contributed by atoms with E-state index in [0.29, 0.717) is 124 Å². The van der Waals surface area contributed by atoms with E-state index in [2.05, 4.69) is 36.4 Å². The van der Waals surface area contributed by atoms with Crippen LogP contribution in [0.15, 0.2) is 158 Å². The number of hydrogen-bond donors (Lipinski definition) is 0. The van der Waals surface area contributed by atoms with Crippen molar-refractivity contribution in [3.8, 4) is 46.0 Å². The Morgan fingerprint density at radius 3 is 0.725 bits per heavy atom. The van der Waals surface area contributed by atoms with Gasteiger partial charge in [-0.3, -0.25) is 19.2 Å². The van der Waals surface area contributed by atoms with E-state index in [9.17, 15) is 0 Å². The molecule has 0 aromatic heterocycles. The minimum atomic E-state index is -0.450. The number of hydrogen-bond acceptors (Lipinski definition) is 8. The normalized spacial score (nSPS) is 16.8. The number of anilines is 2. The third kappa shape index (κ3) is 11.8. The van der Waals surface area contributed by atoms with Crippen LogP contribution >= 0.6 is 0 Å². The number of para-hydroxylation sites is 6. The first kappa shape index (κ1) is 65.5. The summed E-state index contributed by atoms with van der Waals surface area (Å²) in [6.07, 6.45) is 26.0. The lowest BCUT2D eigenvalue weighted by atomic mass is 9.80. The van der Waals surface area contributed by atoms with Crippen molar-refractivity contribution >= 4 is 78.1 Å². The molecule has 0 unspecified atom stereocenters. The zero-order valence-electron chi connectivity index (χ0n) is 59.5. The van der Waals surface area contributed by atoms with Gasteiger partial charge in [-0.05, 0) is 196 Å². The number of nitrogens with zero attached hydrogens (tertiary/aromatic N) is 2. The van der Waals surface area contributed by atoms with Crippen molar-refractivity contribution in [2.24, 2.45) is 23.7 Å². The second-order valence-corrected chi connectivity index (χ2v) is 30.7. The molecule has 2 aliphatic heterocycles. The van der Waals surface area contributed by atoms with Gasteiger partial charge < -0.3 is 18.9 Å². The molecule has 11 aromatic carbocycles. The highest BCUT2D eigenvalue weighted by Gasteiger charge is 2.44. The summed E-state index contributed by atoms with van der Waals surface area (Å²) in [5.74, 6) is 3.94. The number of carbonyl (C=O) groups is 4. The van der Waals surface area contributed by atoms with Crippen molar-refractivity contribution in [3.63, 3.8) is 0 Å². The molecule has 4 saturated carbocycles. The van der Waals surface area contributed by atoms with Crippen molar-refractivity contribution in [2.45, 2.75) is 182 Å². The topological polar surface area (TPSA) is 112 Å². The Labute approximate surface area is 598 Å². The molecule has 4 fully saturated rings. The minimum absolute atomic E-state index is 0.288. The fourth-order valence-electron chi connectivity index (χ4n) is 18.7. The molecule has 4 aliphatic carbocycles. The van der Waals surface area contributed by atoms with E-state index in [-0.39, 0.29) is 22.3 Å². The summed E-state index contributed by atoms with van der Waals surface area (Å²) in [6.45, 7) is 8.01. The van der Waals surface area contributed by atoms with Crippen molar-refractivity contribution in [2.75, 3.05) is 9.80 Å². The molecule has 10 heteroatoms. The van der Waals surface area contributed by atoms with E-state index in [4.69, 9.17) is 18.9 Å². The molecule has 6 aliphatic rings. The molecule has 11 aromatic rings. The van der Waals surface area contributed by atoms with Gasteiger partial charge in [-0.25, -0.2) is 9.80 Å². The molecule has 0 radical (unpaired) electrons. The Hall–Kier alpha value is -9.80. The number of aryl methyl sites for hydroxylation is 8. The minimum Gasteiger partial charge on any atom is -0.456 e. The molecule has 4 amide bonds. The lowest BCUT2D eigenvalue weighted by Crippen LogP contribution is -2.42. The number of amides is 4. The molecule has 0 bridgehead atoms. The second-order valence-electron chi connectivity index (χ2n) is 30.7. The van der Waals surface area contributed by atoms with Gasteiger partial charge in [-0.15, -0.1) is 0 Å². The average molecular weight is 1350 g/mol. The van der Waals surface area contributed by atoms with Crippen LogP contribution in [0.5, 0.6) is 46.0 Å². The highest BCUT2D eigenvalue weighted by molar-refractivity contribution is 6.48. The Kier molecular flexibility index (Phi) is 17.7. The smallest absolute Gasteiger partial charge is 0.266 e. The maximum absolute atomic E-state index is 16.9. The molecule has 17 rings (SSSR count). The van der Waals surface area contributed by atoms with Gasteiger partial charge in [-0.1, -0.05) is 212 Å². The predicted octanol–water partition coefficient (Wildman–Crippen LogP) is 24.2. The van der Waals surface area contributed by atoms with Gasteiger partial charge in [0.15, 0.2) is 0 Å². The van der Waals surface area contributed by atoms with Crippen LogP contribution in [0.4, 0.5) is 11.4 Å². The largest absolute Gasteiger partial charge is 0.456 e. The lowest BCUT2D eigenvalue weighted by Gasteiger charge is -2.34. The van der Waals surface area contributed by atoms with Crippen molar-refractivity contribution < 1.29 is 38.1 Å². The van der Waals surface area contributed by atoms with Crippen molar-refractivity contribution in [3.05, 3.63) is 224 Å². The summed E-state index contributed by atoms with van der Waals surface area (Å²) in [5, 5.41) is 3.88. The van der Waals surface area contributed by atoms with Gasteiger partial charge in [0, 0.05) is 43.1 Å². The Morgan fingerprint density at radius 2 is 0.500 bits per heavy atom. The van der Waals surface area contributed by atoms with Crippen LogP contribution in [0, 0.1) is 51.4 Å². The maximum Gasteiger partial charge on any atom is 0.266 e. The molecular formula is C92H90N2O8. The van der Waals surface area contributed by atoms with Gasteiger partial charge in [0.05, 0.1) is 33.6 Å². The molecule has 10 nitrogen and oxygen atoms in total. The second kappa shape index (κ2) is 27.5. The molecule has 516 valence electrons. The highest BCUT2D eigenvalue weighted by atomic mass is 16.5. The molecule has 102 heavy (non-hydrogen) atoms. The van der Waals surface area contributed by atoms with Crippen LogP contribution in [0.2, 0.25) is 0 Å². The summed E-state index contributed by atoms with van der Waals surface area (Å²) in [7, 11) is 0. The lowest BCUT2D eigenvalue weighted by molar-refractivity contribution is 0.0877. The van der Waals surface area contributed by atoms with Gasteiger partial charge in [0.25, 0.3) is 23.6 Å². The standard InChI is InChI=1S/C92H90N2O8/c1-55-23-5-17-39-71(55)99-75-51-67-79-68(90(96)93(89(67)95)87-63(47-43-59-27-9-10-28-59)35-21-36-64(87)48-44-60-29-11-12-30-60)53-77(101-73-41-19-7-25-57(73)3)83-84-78(102-74-42-20-8-26-58(74)4)54-70-80-69(52-76(82(86(80)84)81(75)85(79)83)100-72-40-18-6-24-56(72)2)91(97)94(92(70)98)88-65(49-45-61-31-13-14-32-61)37-22-38-66(88)50-46-62-33-15-16-34-62/h5-8,17-26,35-42,51-54,59-62H,9-16,27-34,43-50H2,1-4H3. The predicted molar refractivity (Wildman–Crippen MR) is 409 cm³/mol. The van der Waals surface area contributed by atoms with E-state index in [0.717, 1.165) is 95.9 Å². The first-order valence-corrected chi connectivity index (χ1v) is 38.2. The number of fused-ring (bicyclic) bond motifs is 2. The number of rotatable bonds is 22. The van der Waals surface area contributed by atoms with E-state index >= 15 is 19.2 Å². The molecule has 0 N–H and O–H groups in total. The average Bonchev–Trinajstić information content (AvgIpc) is 0.755. The summed E-state index contributed by atoms with van der Waals surface area (Å²) in [5.41, 5.74) is 9.89. The number of ether oxygens (including phenoxy) is 4. The van der Waals surface area contributed by atoms with E-state index in [1.807, 2.05) is 149 Å². The fraction of sp³-hybridized carbons (Fsp3) is 0.348. The van der Waals surface area contributed by atoms with Crippen molar-refractivity contribution in [1.29, 1.82) is 0 Å². The van der Waals surface area contributed by atoms with Gasteiger partial charge in [0.1, 0.15) is 46.0 Å². The third-order valence-electron chi connectivity index (χ3n) is 24.2. The quantitative estimate of drug-likeness (QED) is 0.0375. The molecule has 0 spiro atoms. The Balaban J connectivity index is 0.989. The van der Waals surface area contributed by atoms with Crippen LogP contribution in [0.25, 0.3) is 43.1 Å². The van der Waals surface area contributed by atoms with Crippen LogP contribution in [0.3, 0.4) is 0 Å². The van der Waals surface area contributed by atoms with Crippen LogP contribution in [-0.4, -0.2) is 23.6 Å². The van der Waals surface area contributed by atoms with Gasteiger partial charge in [-0.2, -0.15) is 0 Å². The zero-order valence-corrected chi connectivity index (χ0v) is 59.5. The first-order chi connectivity index (χ1) is 49.9. The Morgan fingerprint density at radius 1 is 0.275 bits per heavy atom. The molecule has 0 atom stereocenters. The third-order valence-corrected chi connectivity index (χ3v) is 24.2. The Bertz CT molecular complexity index is 4530. The van der Waals surface area contributed by atoms with Crippen LogP contribution in [-0.2, 0) is 25.7 Å². The van der Waals surface area contributed by atoms with E-state index in [1.54, 1.807) is 0 Å². The number of imide groups is 2. The summed E-state index contributed by atoms with van der Waals surface area (Å²) in [6, 6.07) is 51.6. The maximum atomic E-state index is 16.9. The monoisotopic (exact) mass is 1350 g/mol. The molecular weight excluding hydrogens is 1260 g/mol.